The zero-order valence-electron chi connectivity index (χ0n) is 7.06. The smallest absolute Gasteiger partial charge is 0.168 e. The van der Waals surface area contributed by atoms with Gasteiger partial charge in [-0.2, -0.15) is 5.10 Å². The van der Waals surface area contributed by atoms with Gasteiger partial charge in [-0.15, -0.1) is 0 Å². The Balaban J connectivity index is 2.45. The third-order valence-corrected chi connectivity index (χ3v) is 1.43. The largest absolute Gasteiger partial charge is 0.359 e. The summed E-state index contributed by atoms with van der Waals surface area (Å²) in [5.41, 5.74) is 0.547. The van der Waals surface area contributed by atoms with E-state index in [4.69, 9.17) is 4.74 Å². The number of carbonyl (C=O) groups is 1. The molecule has 0 radical (unpaired) electrons. The molecule has 0 aliphatic carbocycles. The molecule has 0 bridgehead atoms. The molecule has 1 rings (SSSR count). The van der Waals surface area contributed by atoms with Gasteiger partial charge in [-0.05, 0) is 12.5 Å². The van der Waals surface area contributed by atoms with E-state index in [1.165, 1.54) is 4.68 Å². The van der Waals surface area contributed by atoms with E-state index >= 15 is 0 Å². The summed E-state index contributed by atoms with van der Waals surface area (Å²) in [6.07, 6.45) is 3.32. The van der Waals surface area contributed by atoms with Crippen LogP contribution in [-0.4, -0.2) is 22.7 Å². The second kappa shape index (κ2) is 4.66. The van der Waals surface area contributed by atoms with Gasteiger partial charge in [0, 0.05) is 12.8 Å². The van der Waals surface area contributed by atoms with Gasteiger partial charge < -0.3 is 4.74 Å². The average Bonchev–Trinajstić information content (AvgIpc) is 2.52. The van der Waals surface area contributed by atoms with E-state index in [-0.39, 0.29) is 0 Å². The number of nitrogens with zero attached hydrogens (tertiary/aromatic N) is 2. The van der Waals surface area contributed by atoms with E-state index < -0.39 is 0 Å². The second-order valence-corrected chi connectivity index (χ2v) is 2.41. The maximum Gasteiger partial charge on any atom is 0.168 e. The van der Waals surface area contributed by atoms with Crippen LogP contribution in [0.5, 0.6) is 0 Å². The Hall–Kier alpha value is -1.16. The van der Waals surface area contributed by atoms with Crippen LogP contribution in [-0.2, 0) is 11.5 Å². The quantitative estimate of drug-likeness (QED) is 0.488. The summed E-state index contributed by atoms with van der Waals surface area (Å²) in [4.78, 5) is 10.4. The van der Waals surface area contributed by atoms with Gasteiger partial charge >= 0.3 is 0 Å². The van der Waals surface area contributed by atoms with Gasteiger partial charge in [-0.1, -0.05) is 6.92 Å². The molecule has 0 amide bonds. The molecule has 1 aromatic heterocycles. The van der Waals surface area contributed by atoms with Crippen molar-refractivity contribution in [3.05, 3.63) is 18.0 Å². The van der Waals surface area contributed by atoms with Crippen molar-refractivity contribution < 1.29 is 9.53 Å². The number of rotatable bonds is 5. The third kappa shape index (κ3) is 2.17. The van der Waals surface area contributed by atoms with Gasteiger partial charge in [0.05, 0.1) is 0 Å². The summed E-state index contributed by atoms with van der Waals surface area (Å²) in [5, 5.41) is 3.92. The van der Waals surface area contributed by atoms with E-state index in [0.29, 0.717) is 19.0 Å². The first kappa shape index (κ1) is 8.93. The van der Waals surface area contributed by atoms with Crippen molar-refractivity contribution in [2.45, 2.75) is 20.1 Å². The predicted octanol–water partition coefficient (Wildman–Crippen LogP) is 1.08. The number of hydrogen-bond acceptors (Lipinski definition) is 3. The summed E-state index contributed by atoms with van der Waals surface area (Å²) in [6.45, 7) is 3.08. The molecule has 4 nitrogen and oxygen atoms in total. The summed E-state index contributed by atoms with van der Waals surface area (Å²) in [7, 11) is 0. The highest BCUT2D eigenvalue weighted by Crippen LogP contribution is 1.95. The number of hydrogen-bond donors (Lipinski definition) is 0. The van der Waals surface area contributed by atoms with Gasteiger partial charge in [0.1, 0.15) is 12.4 Å². The molecule has 0 aromatic carbocycles. The standard InChI is InChI=1S/C8H12N2O2/c1-2-5-12-7-10-8(6-11)3-4-9-10/h3-4,6H,2,5,7H2,1H3. The zero-order valence-corrected chi connectivity index (χ0v) is 7.06. The number of aromatic nitrogens is 2. The summed E-state index contributed by atoms with van der Waals surface area (Å²) < 4.78 is 6.74. The molecule has 0 fully saturated rings. The number of aldehydes is 1. The lowest BCUT2D eigenvalue weighted by Crippen LogP contribution is -2.07. The molecule has 4 heteroatoms. The van der Waals surface area contributed by atoms with E-state index in [9.17, 15) is 4.79 Å². The Morgan fingerprint density at radius 2 is 2.58 bits per heavy atom. The lowest BCUT2D eigenvalue weighted by Gasteiger charge is -2.03. The van der Waals surface area contributed by atoms with Crippen molar-refractivity contribution in [2.24, 2.45) is 0 Å². The summed E-state index contributed by atoms with van der Waals surface area (Å²) >= 11 is 0. The molecule has 0 unspecified atom stereocenters. The van der Waals surface area contributed by atoms with E-state index in [2.05, 4.69) is 5.10 Å². The van der Waals surface area contributed by atoms with Crippen LogP contribution in [0.15, 0.2) is 12.3 Å². The molecular formula is C8H12N2O2. The van der Waals surface area contributed by atoms with E-state index in [1.54, 1.807) is 12.3 Å². The van der Waals surface area contributed by atoms with Crippen LogP contribution < -0.4 is 0 Å². The fraction of sp³-hybridized carbons (Fsp3) is 0.500. The highest BCUT2D eigenvalue weighted by molar-refractivity contribution is 5.71. The van der Waals surface area contributed by atoms with Crippen molar-refractivity contribution >= 4 is 6.29 Å². The van der Waals surface area contributed by atoms with Gasteiger partial charge in [-0.25, -0.2) is 4.68 Å². The number of carbonyl (C=O) groups excluding carboxylic acids is 1. The van der Waals surface area contributed by atoms with Crippen molar-refractivity contribution in [1.82, 2.24) is 9.78 Å². The normalized spacial score (nSPS) is 10.1. The van der Waals surface area contributed by atoms with Gasteiger partial charge in [0.25, 0.3) is 0 Å². The molecule has 0 saturated carbocycles. The lowest BCUT2D eigenvalue weighted by molar-refractivity contribution is 0.0668. The van der Waals surface area contributed by atoms with Crippen LogP contribution in [0.4, 0.5) is 0 Å². The first-order valence-corrected chi connectivity index (χ1v) is 3.93. The highest BCUT2D eigenvalue weighted by Gasteiger charge is 1.98. The molecule has 0 aliphatic heterocycles. The van der Waals surface area contributed by atoms with Crippen LogP contribution >= 0.6 is 0 Å². The maximum absolute atomic E-state index is 10.4. The molecule has 0 saturated heterocycles. The Morgan fingerprint density at radius 1 is 1.75 bits per heavy atom. The summed E-state index contributed by atoms with van der Waals surface area (Å²) in [6, 6.07) is 1.66. The third-order valence-electron chi connectivity index (χ3n) is 1.43. The Labute approximate surface area is 71.1 Å². The molecule has 1 heterocycles. The highest BCUT2D eigenvalue weighted by atomic mass is 16.5. The molecule has 66 valence electrons. The van der Waals surface area contributed by atoms with Crippen molar-refractivity contribution in [1.29, 1.82) is 0 Å². The first-order chi connectivity index (χ1) is 5.88. The van der Waals surface area contributed by atoms with Crippen molar-refractivity contribution in [3.63, 3.8) is 0 Å². The molecule has 12 heavy (non-hydrogen) atoms. The fourth-order valence-corrected chi connectivity index (χ4v) is 0.846. The van der Waals surface area contributed by atoms with Crippen molar-refractivity contribution in [3.8, 4) is 0 Å². The molecule has 0 atom stereocenters. The minimum Gasteiger partial charge on any atom is -0.359 e. The Kier molecular flexibility index (Phi) is 3.47. The zero-order chi connectivity index (χ0) is 8.81. The summed E-state index contributed by atoms with van der Waals surface area (Å²) in [5.74, 6) is 0. The van der Waals surface area contributed by atoms with Gasteiger partial charge in [-0.3, -0.25) is 4.79 Å². The monoisotopic (exact) mass is 168 g/mol. The SMILES string of the molecule is CCCOCn1nccc1C=O. The lowest BCUT2D eigenvalue weighted by atomic mass is 10.5. The molecule has 0 spiro atoms. The van der Waals surface area contributed by atoms with Crippen molar-refractivity contribution in [2.75, 3.05) is 6.61 Å². The fourth-order valence-electron chi connectivity index (χ4n) is 0.846. The topological polar surface area (TPSA) is 44.1 Å². The first-order valence-electron chi connectivity index (χ1n) is 3.93. The van der Waals surface area contributed by atoms with E-state index in [0.717, 1.165) is 12.7 Å². The van der Waals surface area contributed by atoms with Gasteiger partial charge in [0.2, 0.25) is 0 Å². The van der Waals surface area contributed by atoms with Gasteiger partial charge in [0.15, 0.2) is 6.29 Å². The average molecular weight is 168 g/mol. The minimum atomic E-state index is 0.356. The maximum atomic E-state index is 10.4. The van der Waals surface area contributed by atoms with Crippen LogP contribution in [0.1, 0.15) is 23.8 Å². The van der Waals surface area contributed by atoms with Crippen LogP contribution in [0.25, 0.3) is 0 Å². The van der Waals surface area contributed by atoms with Crippen LogP contribution in [0, 0.1) is 0 Å². The molecular weight excluding hydrogens is 156 g/mol. The predicted molar refractivity (Wildman–Crippen MR) is 43.9 cm³/mol. The van der Waals surface area contributed by atoms with Crippen LogP contribution in [0.2, 0.25) is 0 Å². The molecule has 0 aliphatic rings. The molecule has 0 N–H and O–H groups in total. The Morgan fingerprint density at radius 3 is 3.25 bits per heavy atom. The molecule has 1 aromatic rings. The van der Waals surface area contributed by atoms with Crippen LogP contribution in [0.3, 0.4) is 0 Å². The second-order valence-electron chi connectivity index (χ2n) is 2.41. The number of ether oxygens (including phenoxy) is 1. The van der Waals surface area contributed by atoms with E-state index in [1.807, 2.05) is 6.92 Å². The minimum absolute atomic E-state index is 0.356. The Bertz CT molecular complexity index is 245.